The van der Waals surface area contributed by atoms with Crippen LogP contribution in [0.25, 0.3) is 0 Å². The Morgan fingerprint density at radius 2 is 2.00 bits per heavy atom. The lowest BCUT2D eigenvalue weighted by molar-refractivity contribution is 0.0511. The third-order valence-electron chi connectivity index (χ3n) is 2.02. The number of phenolic OH excluding ortho intramolecular Hbond substituents is 1. The first-order valence-corrected chi connectivity index (χ1v) is 5.35. The van der Waals surface area contributed by atoms with E-state index in [1.807, 2.05) is 12.2 Å². The van der Waals surface area contributed by atoms with Gasteiger partial charge >= 0.3 is 5.97 Å². The highest BCUT2D eigenvalue weighted by Crippen LogP contribution is 2.10. The number of hydrogen-bond acceptors (Lipinski definition) is 3. The molecule has 0 radical (unpaired) electrons. The van der Waals surface area contributed by atoms with Crippen molar-refractivity contribution in [3.05, 3.63) is 42.0 Å². The Morgan fingerprint density at radius 1 is 1.31 bits per heavy atom. The predicted molar refractivity (Wildman–Crippen MR) is 62.4 cm³/mol. The smallest absolute Gasteiger partial charge is 0.338 e. The number of allylic oxidation sites excluding steroid dienone is 1. The Balaban J connectivity index is 2.35. The Morgan fingerprint density at radius 3 is 2.62 bits per heavy atom. The zero-order chi connectivity index (χ0) is 11.8. The molecule has 16 heavy (non-hydrogen) atoms. The van der Waals surface area contributed by atoms with Gasteiger partial charge in [0.15, 0.2) is 0 Å². The van der Waals surface area contributed by atoms with Crippen molar-refractivity contribution in [3.63, 3.8) is 0 Å². The number of phenols is 1. The summed E-state index contributed by atoms with van der Waals surface area (Å²) in [5, 5.41) is 9.05. The molecule has 0 atom stereocenters. The molecule has 3 heteroatoms. The number of ether oxygens (including phenoxy) is 1. The van der Waals surface area contributed by atoms with Gasteiger partial charge in [-0.1, -0.05) is 19.1 Å². The maximum atomic E-state index is 11.5. The monoisotopic (exact) mass is 220 g/mol. The molecule has 1 N–H and O–H groups in total. The molecule has 0 aliphatic heterocycles. The van der Waals surface area contributed by atoms with Crippen molar-refractivity contribution >= 4 is 5.97 Å². The van der Waals surface area contributed by atoms with E-state index in [9.17, 15) is 4.79 Å². The quantitative estimate of drug-likeness (QED) is 0.471. The molecule has 0 unspecified atom stereocenters. The number of esters is 1. The summed E-state index contributed by atoms with van der Waals surface area (Å²) in [6.07, 6.45) is 5.75. The summed E-state index contributed by atoms with van der Waals surface area (Å²) >= 11 is 0. The zero-order valence-corrected chi connectivity index (χ0v) is 9.35. The van der Waals surface area contributed by atoms with Gasteiger partial charge in [-0.3, -0.25) is 0 Å². The lowest BCUT2D eigenvalue weighted by atomic mass is 10.2. The van der Waals surface area contributed by atoms with Crippen molar-refractivity contribution in [3.8, 4) is 5.75 Å². The summed E-state index contributed by atoms with van der Waals surface area (Å²) in [4.78, 5) is 11.5. The topological polar surface area (TPSA) is 46.5 Å². The standard InChI is InChI=1S/C13H16O3/c1-2-3-4-5-10-16-13(15)11-6-8-12(14)9-7-11/h3-4,6-9,14H,2,5,10H2,1H3/b4-3+. The van der Waals surface area contributed by atoms with Crippen molar-refractivity contribution < 1.29 is 14.6 Å². The van der Waals surface area contributed by atoms with Crippen molar-refractivity contribution in [1.82, 2.24) is 0 Å². The largest absolute Gasteiger partial charge is 0.508 e. The number of rotatable bonds is 5. The Bertz CT molecular complexity index is 352. The highest BCUT2D eigenvalue weighted by atomic mass is 16.5. The summed E-state index contributed by atoms with van der Waals surface area (Å²) in [6.45, 7) is 2.44. The Hall–Kier alpha value is -1.77. The van der Waals surface area contributed by atoms with Crippen LogP contribution in [0.5, 0.6) is 5.75 Å². The van der Waals surface area contributed by atoms with Crippen LogP contribution in [0.15, 0.2) is 36.4 Å². The van der Waals surface area contributed by atoms with Crippen LogP contribution in [0, 0.1) is 0 Å². The van der Waals surface area contributed by atoms with E-state index >= 15 is 0 Å². The molecular weight excluding hydrogens is 204 g/mol. The molecule has 1 rings (SSSR count). The van der Waals surface area contributed by atoms with Gasteiger partial charge in [-0.2, -0.15) is 0 Å². The maximum Gasteiger partial charge on any atom is 0.338 e. The van der Waals surface area contributed by atoms with Gasteiger partial charge in [0.2, 0.25) is 0 Å². The molecule has 0 heterocycles. The van der Waals surface area contributed by atoms with E-state index in [-0.39, 0.29) is 11.7 Å². The molecule has 0 spiro atoms. The van der Waals surface area contributed by atoms with E-state index in [4.69, 9.17) is 9.84 Å². The summed E-state index contributed by atoms with van der Waals surface area (Å²) in [6, 6.07) is 6.01. The van der Waals surface area contributed by atoms with Gasteiger partial charge in [-0.15, -0.1) is 0 Å². The molecule has 0 aromatic heterocycles. The fourth-order valence-electron chi connectivity index (χ4n) is 1.19. The molecule has 0 saturated heterocycles. The summed E-state index contributed by atoms with van der Waals surface area (Å²) in [5.74, 6) is -0.215. The van der Waals surface area contributed by atoms with Crippen LogP contribution in [0.1, 0.15) is 30.1 Å². The fraction of sp³-hybridized carbons (Fsp3) is 0.308. The molecule has 1 aromatic carbocycles. The Labute approximate surface area is 95.4 Å². The van der Waals surface area contributed by atoms with Crippen molar-refractivity contribution in [2.45, 2.75) is 19.8 Å². The normalized spacial score (nSPS) is 10.6. The van der Waals surface area contributed by atoms with Crippen LogP contribution in [-0.2, 0) is 4.74 Å². The highest BCUT2D eigenvalue weighted by Gasteiger charge is 2.05. The second kappa shape index (κ2) is 6.67. The van der Waals surface area contributed by atoms with Gasteiger partial charge in [0, 0.05) is 0 Å². The first-order chi connectivity index (χ1) is 7.74. The van der Waals surface area contributed by atoms with Crippen LogP contribution < -0.4 is 0 Å². The lowest BCUT2D eigenvalue weighted by Crippen LogP contribution is -2.05. The van der Waals surface area contributed by atoms with E-state index in [0.717, 1.165) is 12.8 Å². The molecule has 3 nitrogen and oxygen atoms in total. The minimum absolute atomic E-state index is 0.141. The predicted octanol–water partition coefficient (Wildman–Crippen LogP) is 2.91. The van der Waals surface area contributed by atoms with Crippen LogP contribution in [0.4, 0.5) is 0 Å². The van der Waals surface area contributed by atoms with Crippen LogP contribution >= 0.6 is 0 Å². The first kappa shape index (κ1) is 12.3. The molecule has 0 aliphatic rings. The second-order valence-electron chi connectivity index (χ2n) is 3.35. The summed E-state index contributed by atoms with van der Waals surface area (Å²) < 4.78 is 5.04. The first-order valence-electron chi connectivity index (χ1n) is 5.35. The molecule has 0 aliphatic carbocycles. The number of aromatic hydroxyl groups is 1. The van der Waals surface area contributed by atoms with Crippen molar-refractivity contribution in [2.24, 2.45) is 0 Å². The molecule has 1 aromatic rings. The van der Waals surface area contributed by atoms with Crippen molar-refractivity contribution in [2.75, 3.05) is 6.61 Å². The third kappa shape index (κ3) is 4.17. The fourth-order valence-corrected chi connectivity index (χ4v) is 1.19. The molecule has 0 fully saturated rings. The van der Waals surface area contributed by atoms with E-state index in [0.29, 0.717) is 12.2 Å². The minimum atomic E-state index is -0.357. The molecule has 86 valence electrons. The van der Waals surface area contributed by atoms with Gasteiger partial charge in [0.25, 0.3) is 0 Å². The summed E-state index contributed by atoms with van der Waals surface area (Å²) in [5.41, 5.74) is 0.456. The second-order valence-corrected chi connectivity index (χ2v) is 3.35. The van der Waals surface area contributed by atoms with Gasteiger partial charge in [-0.05, 0) is 37.1 Å². The number of hydrogen-bond donors (Lipinski definition) is 1. The minimum Gasteiger partial charge on any atom is -0.508 e. The van der Waals surface area contributed by atoms with Gasteiger partial charge < -0.3 is 9.84 Å². The van der Waals surface area contributed by atoms with E-state index in [1.165, 1.54) is 12.1 Å². The van der Waals surface area contributed by atoms with E-state index in [2.05, 4.69) is 6.92 Å². The van der Waals surface area contributed by atoms with Crippen LogP contribution in [-0.4, -0.2) is 17.7 Å². The summed E-state index contributed by atoms with van der Waals surface area (Å²) in [7, 11) is 0. The molecular formula is C13H16O3. The Kier molecular flexibility index (Phi) is 5.12. The average Bonchev–Trinajstić information content (AvgIpc) is 2.29. The maximum absolute atomic E-state index is 11.5. The molecule has 0 bridgehead atoms. The van der Waals surface area contributed by atoms with E-state index in [1.54, 1.807) is 12.1 Å². The third-order valence-corrected chi connectivity index (χ3v) is 2.02. The number of carbonyl (C=O) groups is 1. The SMILES string of the molecule is CC/C=C/CCOC(=O)c1ccc(O)cc1. The highest BCUT2D eigenvalue weighted by molar-refractivity contribution is 5.89. The van der Waals surface area contributed by atoms with Crippen LogP contribution in [0.2, 0.25) is 0 Å². The average molecular weight is 220 g/mol. The molecule has 0 amide bonds. The van der Waals surface area contributed by atoms with Crippen molar-refractivity contribution in [1.29, 1.82) is 0 Å². The van der Waals surface area contributed by atoms with Gasteiger partial charge in [-0.25, -0.2) is 4.79 Å². The number of benzene rings is 1. The van der Waals surface area contributed by atoms with Crippen LogP contribution in [0.3, 0.4) is 0 Å². The van der Waals surface area contributed by atoms with Gasteiger partial charge in [0.1, 0.15) is 5.75 Å². The zero-order valence-electron chi connectivity index (χ0n) is 9.35. The van der Waals surface area contributed by atoms with E-state index < -0.39 is 0 Å². The number of carbonyl (C=O) groups excluding carboxylic acids is 1. The lowest BCUT2D eigenvalue weighted by Gasteiger charge is -2.02. The molecule has 0 saturated carbocycles. The van der Waals surface area contributed by atoms with Gasteiger partial charge in [0.05, 0.1) is 12.2 Å².